The third-order valence-corrected chi connectivity index (χ3v) is 3.48. The van der Waals surface area contributed by atoms with Gasteiger partial charge in [0.2, 0.25) is 5.91 Å². The number of primary amides is 1. The Hall–Kier alpha value is -1.10. The maximum Gasteiger partial charge on any atom is 0.222 e. The second-order valence-electron chi connectivity index (χ2n) is 4.23. The average molecular weight is 284 g/mol. The standard InChI is InChI=1S/C11H14BrN3O/c1-7-5-15(6-9(7)11(13)16)10-3-2-8(12)4-14-10/h2-4,7,9H,5-6H2,1H3,(H2,13,16)/t7-,9-/m1/s1. The molecule has 0 saturated carbocycles. The van der Waals surface area contributed by atoms with Crippen molar-refractivity contribution < 1.29 is 4.79 Å². The Morgan fingerprint density at radius 1 is 1.56 bits per heavy atom. The molecule has 0 bridgehead atoms. The quantitative estimate of drug-likeness (QED) is 0.893. The SMILES string of the molecule is C[C@@H]1CN(c2ccc(Br)cn2)C[C@H]1C(N)=O. The molecule has 0 unspecified atom stereocenters. The molecule has 0 radical (unpaired) electrons. The Labute approximate surface area is 103 Å². The van der Waals surface area contributed by atoms with E-state index in [0.717, 1.165) is 16.8 Å². The maximum absolute atomic E-state index is 11.2. The van der Waals surface area contributed by atoms with E-state index in [9.17, 15) is 4.79 Å². The van der Waals surface area contributed by atoms with Gasteiger partial charge in [-0.25, -0.2) is 4.98 Å². The molecule has 0 aromatic carbocycles. The van der Waals surface area contributed by atoms with Crippen molar-refractivity contribution in [1.82, 2.24) is 4.98 Å². The first-order valence-electron chi connectivity index (χ1n) is 5.23. The minimum Gasteiger partial charge on any atom is -0.369 e. The van der Waals surface area contributed by atoms with Crippen molar-refractivity contribution in [3.05, 3.63) is 22.8 Å². The highest BCUT2D eigenvalue weighted by Crippen LogP contribution is 2.27. The number of nitrogens with two attached hydrogens (primary N) is 1. The lowest BCUT2D eigenvalue weighted by Crippen LogP contribution is -2.29. The number of pyridine rings is 1. The van der Waals surface area contributed by atoms with E-state index >= 15 is 0 Å². The summed E-state index contributed by atoms with van der Waals surface area (Å²) in [5, 5.41) is 0. The number of carbonyl (C=O) groups excluding carboxylic acids is 1. The predicted octanol–water partition coefficient (Wildman–Crippen LogP) is 1.40. The summed E-state index contributed by atoms with van der Waals surface area (Å²) >= 11 is 3.35. The Balaban J connectivity index is 2.13. The summed E-state index contributed by atoms with van der Waals surface area (Å²) in [5.41, 5.74) is 5.36. The molecule has 2 heterocycles. The second-order valence-corrected chi connectivity index (χ2v) is 5.14. The van der Waals surface area contributed by atoms with Crippen LogP contribution in [0.5, 0.6) is 0 Å². The lowest BCUT2D eigenvalue weighted by molar-refractivity contribution is -0.122. The van der Waals surface area contributed by atoms with Gasteiger partial charge in [0, 0.05) is 23.8 Å². The number of halogens is 1. The van der Waals surface area contributed by atoms with E-state index in [2.05, 4.69) is 25.8 Å². The number of nitrogens with zero attached hydrogens (tertiary/aromatic N) is 2. The van der Waals surface area contributed by atoms with Crippen LogP contribution in [0.2, 0.25) is 0 Å². The highest BCUT2D eigenvalue weighted by Gasteiger charge is 2.33. The fourth-order valence-corrected chi connectivity index (χ4v) is 2.31. The van der Waals surface area contributed by atoms with Crippen LogP contribution in [0.1, 0.15) is 6.92 Å². The van der Waals surface area contributed by atoms with Crippen LogP contribution >= 0.6 is 15.9 Å². The Morgan fingerprint density at radius 2 is 2.31 bits per heavy atom. The van der Waals surface area contributed by atoms with Crippen molar-refractivity contribution in [1.29, 1.82) is 0 Å². The minimum atomic E-state index is -0.216. The summed E-state index contributed by atoms with van der Waals surface area (Å²) < 4.78 is 0.954. The van der Waals surface area contributed by atoms with Gasteiger partial charge in [0.15, 0.2) is 0 Å². The first-order valence-corrected chi connectivity index (χ1v) is 6.03. The highest BCUT2D eigenvalue weighted by molar-refractivity contribution is 9.10. The molecule has 1 aromatic rings. The van der Waals surface area contributed by atoms with Gasteiger partial charge in [-0.2, -0.15) is 0 Å². The van der Waals surface area contributed by atoms with Gasteiger partial charge < -0.3 is 10.6 Å². The monoisotopic (exact) mass is 283 g/mol. The van der Waals surface area contributed by atoms with Gasteiger partial charge in [-0.3, -0.25) is 4.79 Å². The molecule has 2 atom stereocenters. The number of hydrogen-bond donors (Lipinski definition) is 1. The molecule has 4 nitrogen and oxygen atoms in total. The first-order chi connectivity index (χ1) is 7.58. The van der Waals surface area contributed by atoms with Crippen molar-refractivity contribution in [2.75, 3.05) is 18.0 Å². The Kier molecular flexibility index (Phi) is 3.14. The number of aromatic nitrogens is 1. The van der Waals surface area contributed by atoms with E-state index in [1.54, 1.807) is 6.20 Å². The van der Waals surface area contributed by atoms with Gasteiger partial charge in [-0.15, -0.1) is 0 Å². The average Bonchev–Trinajstić information content (AvgIpc) is 2.61. The summed E-state index contributed by atoms with van der Waals surface area (Å²) in [6.07, 6.45) is 1.76. The van der Waals surface area contributed by atoms with Gasteiger partial charge >= 0.3 is 0 Å². The third-order valence-electron chi connectivity index (χ3n) is 3.01. The summed E-state index contributed by atoms with van der Waals surface area (Å²) in [6, 6.07) is 3.89. The van der Waals surface area contributed by atoms with Crippen molar-refractivity contribution in [3.8, 4) is 0 Å². The zero-order valence-electron chi connectivity index (χ0n) is 9.06. The first kappa shape index (κ1) is 11.4. The van der Waals surface area contributed by atoms with E-state index in [-0.39, 0.29) is 11.8 Å². The third kappa shape index (κ3) is 2.19. The Morgan fingerprint density at radius 3 is 2.81 bits per heavy atom. The van der Waals surface area contributed by atoms with Crippen LogP contribution in [0.15, 0.2) is 22.8 Å². The minimum absolute atomic E-state index is 0.0644. The molecule has 1 saturated heterocycles. The molecule has 0 aliphatic carbocycles. The van der Waals surface area contributed by atoms with Crippen LogP contribution in [0.4, 0.5) is 5.82 Å². The molecule has 0 spiro atoms. The molecule has 86 valence electrons. The van der Waals surface area contributed by atoms with Gasteiger partial charge in [-0.1, -0.05) is 6.92 Å². The summed E-state index contributed by atoms with van der Waals surface area (Å²) in [4.78, 5) is 17.6. The smallest absolute Gasteiger partial charge is 0.222 e. The fraction of sp³-hybridized carbons (Fsp3) is 0.455. The summed E-state index contributed by atoms with van der Waals surface area (Å²) in [6.45, 7) is 3.56. The number of hydrogen-bond acceptors (Lipinski definition) is 3. The molecule has 1 aromatic heterocycles. The van der Waals surface area contributed by atoms with Gasteiger partial charge in [0.25, 0.3) is 0 Å². The van der Waals surface area contributed by atoms with Crippen LogP contribution in [0, 0.1) is 11.8 Å². The number of anilines is 1. The molecule has 1 aliphatic rings. The lowest BCUT2D eigenvalue weighted by atomic mass is 9.98. The Bertz CT molecular complexity index is 393. The molecule has 1 fully saturated rings. The maximum atomic E-state index is 11.2. The predicted molar refractivity (Wildman–Crippen MR) is 66.0 cm³/mol. The van der Waals surface area contributed by atoms with E-state index in [4.69, 9.17) is 5.73 Å². The topological polar surface area (TPSA) is 59.2 Å². The second kappa shape index (κ2) is 4.41. The summed E-state index contributed by atoms with van der Waals surface area (Å²) in [7, 11) is 0. The van der Waals surface area contributed by atoms with E-state index in [1.165, 1.54) is 0 Å². The molecule has 1 amide bonds. The van der Waals surface area contributed by atoms with Crippen LogP contribution in [0.3, 0.4) is 0 Å². The number of amides is 1. The van der Waals surface area contributed by atoms with Gasteiger partial charge in [0.05, 0.1) is 5.92 Å². The lowest BCUT2D eigenvalue weighted by Gasteiger charge is -2.16. The molecule has 1 aliphatic heterocycles. The van der Waals surface area contributed by atoms with Crippen molar-refractivity contribution in [2.24, 2.45) is 17.6 Å². The zero-order valence-corrected chi connectivity index (χ0v) is 10.6. The highest BCUT2D eigenvalue weighted by atomic mass is 79.9. The molecule has 2 rings (SSSR count). The van der Waals surface area contributed by atoms with E-state index in [0.29, 0.717) is 12.5 Å². The van der Waals surface area contributed by atoms with Crippen molar-refractivity contribution in [2.45, 2.75) is 6.92 Å². The molecule has 5 heteroatoms. The molecule has 2 N–H and O–H groups in total. The molecular weight excluding hydrogens is 270 g/mol. The van der Waals surface area contributed by atoms with Crippen LogP contribution < -0.4 is 10.6 Å². The fourth-order valence-electron chi connectivity index (χ4n) is 2.08. The molecular formula is C11H14BrN3O. The van der Waals surface area contributed by atoms with Gasteiger partial charge in [0.1, 0.15) is 5.82 Å². The van der Waals surface area contributed by atoms with Crippen molar-refractivity contribution in [3.63, 3.8) is 0 Å². The van der Waals surface area contributed by atoms with Crippen LogP contribution in [0.25, 0.3) is 0 Å². The number of rotatable bonds is 2. The zero-order chi connectivity index (χ0) is 11.7. The largest absolute Gasteiger partial charge is 0.369 e. The number of carbonyl (C=O) groups is 1. The van der Waals surface area contributed by atoms with Crippen LogP contribution in [-0.2, 0) is 4.79 Å². The van der Waals surface area contributed by atoms with Crippen molar-refractivity contribution >= 4 is 27.7 Å². The molecule has 16 heavy (non-hydrogen) atoms. The summed E-state index contributed by atoms with van der Waals surface area (Å²) in [5.74, 6) is 0.916. The van der Waals surface area contributed by atoms with Gasteiger partial charge in [-0.05, 0) is 34.0 Å². The van der Waals surface area contributed by atoms with E-state index < -0.39 is 0 Å². The normalized spacial score (nSPS) is 24.8. The van der Waals surface area contributed by atoms with E-state index in [1.807, 2.05) is 19.1 Å². The van der Waals surface area contributed by atoms with Crippen LogP contribution in [-0.4, -0.2) is 24.0 Å².